The van der Waals surface area contributed by atoms with Gasteiger partial charge >= 0.3 is 0 Å². The van der Waals surface area contributed by atoms with Crippen LogP contribution in [0.2, 0.25) is 5.15 Å². The molecular formula is C26H23ClN8O3. The first-order valence-electron chi connectivity index (χ1n) is 12.2. The SMILES string of the molecule is NC(=O)c1nn(CC(=O)N2[C@@H]3CC[C@@H](C3)[C@H]2C(=O)Nc2cccc(Cl)n2)c2ccc(-c3cncnc3)cc12. The lowest BCUT2D eigenvalue weighted by molar-refractivity contribution is -0.141. The van der Waals surface area contributed by atoms with E-state index in [9.17, 15) is 14.4 Å². The van der Waals surface area contributed by atoms with Gasteiger partial charge in [0.2, 0.25) is 11.8 Å². The van der Waals surface area contributed by atoms with Gasteiger partial charge < -0.3 is 16.0 Å². The fourth-order valence-corrected chi connectivity index (χ4v) is 5.85. The summed E-state index contributed by atoms with van der Waals surface area (Å²) >= 11 is 5.96. The zero-order valence-electron chi connectivity index (χ0n) is 20.1. The number of hydrogen-bond acceptors (Lipinski definition) is 7. The van der Waals surface area contributed by atoms with Crippen molar-refractivity contribution in [1.29, 1.82) is 0 Å². The molecule has 1 aliphatic carbocycles. The summed E-state index contributed by atoms with van der Waals surface area (Å²) in [7, 11) is 0. The Kier molecular flexibility index (Phi) is 5.99. The van der Waals surface area contributed by atoms with Gasteiger partial charge in [-0.15, -0.1) is 0 Å². The smallest absolute Gasteiger partial charge is 0.269 e. The Balaban J connectivity index is 1.29. The minimum Gasteiger partial charge on any atom is -0.364 e. The first-order chi connectivity index (χ1) is 18.4. The lowest BCUT2D eigenvalue weighted by Gasteiger charge is -2.34. The second-order valence-corrected chi connectivity index (χ2v) is 9.92. The van der Waals surface area contributed by atoms with Gasteiger partial charge in [-0.3, -0.25) is 19.1 Å². The number of rotatable bonds is 6. The molecule has 0 radical (unpaired) electrons. The number of amides is 3. The minimum absolute atomic E-state index is 0.0299. The zero-order chi connectivity index (χ0) is 26.4. The molecule has 1 aliphatic heterocycles. The van der Waals surface area contributed by atoms with Crippen LogP contribution in [0.4, 0.5) is 5.82 Å². The van der Waals surface area contributed by atoms with Crippen molar-refractivity contribution in [3.8, 4) is 11.1 Å². The van der Waals surface area contributed by atoms with Crippen LogP contribution >= 0.6 is 11.6 Å². The number of nitrogens with two attached hydrogens (primary N) is 1. The summed E-state index contributed by atoms with van der Waals surface area (Å²) in [5.74, 6) is -0.847. The van der Waals surface area contributed by atoms with Crippen molar-refractivity contribution in [2.24, 2.45) is 11.7 Å². The molecule has 3 N–H and O–H groups in total. The van der Waals surface area contributed by atoms with E-state index in [2.05, 4.69) is 25.4 Å². The summed E-state index contributed by atoms with van der Waals surface area (Å²) in [5.41, 5.74) is 7.83. The standard InChI is InChI=1S/C26H23ClN8O3/c27-20-2-1-3-21(31-20)32-26(38)24-15-4-6-17(8-15)35(24)22(36)12-34-19-7-5-14(16-10-29-13-30-11-16)9-18(19)23(33-34)25(28)37/h1-3,5,7,9-11,13,15,17,24H,4,6,8,12H2,(H2,28,37)(H,31,32,38)/t15-,17+,24-/m0/s1. The summed E-state index contributed by atoms with van der Waals surface area (Å²) in [6.45, 7) is -0.139. The van der Waals surface area contributed by atoms with Crippen molar-refractivity contribution in [3.63, 3.8) is 0 Å². The highest BCUT2D eigenvalue weighted by atomic mass is 35.5. The summed E-state index contributed by atoms with van der Waals surface area (Å²) in [5, 5.41) is 7.98. The molecule has 0 unspecified atom stereocenters. The maximum Gasteiger partial charge on any atom is 0.269 e. The topological polar surface area (TPSA) is 149 Å². The summed E-state index contributed by atoms with van der Waals surface area (Å²) in [6.07, 6.45) is 7.24. The van der Waals surface area contributed by atoms with Crippen LogP contribution in [-0.2, 0) is 16.1 Å². The van der Waals surface area contributed by atoms with Crippen LogP contribution < -0.4 is 11.1 Å². The number of carbonyl (C=O) groups is 3. The maximum atomic E-state index is 13.7. The number of likely N-dealkylation sites (tertiary alicyclic amines) is 1. The van der Waals surface area contributed by atoms with Crippen LogP contribution in [0.25, 0.3) is 22.0 Å². The molecule has 0 spiro atoms. The van der Waals surface area contributed by atoms with Crippen LogP contribution in [0.5, 0.6) is 0 Å². The van der Waals surface area contributed by atoms with Crippen LogP contribution in [0.15, 0.2) is 55.1 Å². The van der Waals surface area contributed by atoms with Gasteiger partial charge in [0, 0.05) is 29.4 Å². The number of halogens is 1. The molecule has 1 saturated carbocycles. The number of fused-ring (bicyclic) bond motifs is 3. The van der Waals surface area contributed by atoms with Crippen molar-refractivity contribution in [3.05, 3.63) is 66.0 Å². The molecule has 2 aliphatic rings. The number of aromatic nitrogens is 5. The molecule has 1 saturated heterocycles. The van der Waals surface area contributed by atoms with Crippen molar-refractivity contribution >= 4 is 46.0 Å². The average molecular weight is 531 g/mol. The molecule has 2 fully saturated rings. The number of primary amides is 1. The van der Waals surface area contributed by atoms with Crippen molar-refractivity contribution in [2.45, 2.75) is 37.9 Å². The Bertz CT molecular complexity index is 1570. The summed E-state index contributed by atoms with van der Waals surface area (Å²) in [6, 6.07) is 9.74. The van der Waals surface area contributed by atoms with E-state index in [0.717, 1.165) is 30.4 Å². The number of piperidine rings is 1. The molecule has 192 valence electrons. The third-order valence-electron chi connectivity index (χ3n) is 7.27. The van der Waals surface area contributed by atoms with Crippen LogP contribution in [-0.4, -0.2) is 59.4 Å². The van der Waals surface area contributed by atoms with Gasteiger partial charge in [0.1, 0.15) is 29.9 Å². The third kappa shape index (κ3) is 4.24. The molecule has 4 aromatic rings. The summed E-state index contributed by atoms with van der Waals surface area (Å²) in [4.78, 5) is 53.0. The Morgan fingerprint density at radius 3 is 2.66 bits per heavy atom. The predicted molar refractivity (Wildman–Crippen MR) is 139 cm³/mol. The lowest BCUT2D eigenvalue weighted by Crippen LogP contribution is -2.52. The molecule has 11 nitrogen and oxygen atoms in total. The average Bonchev–Trinajstić information content (AvgIpc) is 3.62. The van der Waals surface area contributed by atoms with Crippen molar-refractivity contribution in [1.82, 2.24) is 29.6 Å². The van der Waals surface area contributed by atoms with E-state index < -0.39 is 11.9 Å². The Morgan fingerprint density at radius 1 is 1.08 bits per heavy atom. The molecule has 3 atom stereocenters. The van der Waals surface area contributed by atoms with Gasteiger partial charge in [0.05, 0.1) is 5.52 Å². The highest BCUT2D eigenvalue weighted by Gasteiger charge is 2.51. The first kappa shape index (κ1) is 24.0. The number of nitrogens with zero attached hydrogens (tertiary/aromatic N) is 6. The lowest BCUT2D eigenvalue weighted by atomic mass is 9.97. The normalized spacial score (nSPS) is 20.1. The second-order valence-electron chi connectivity index (χ2n) is 9.54. The third-order valence-corrected chi connectivity index (χ3v) is 7.48. The molecule has 12 heteroatoms. The minimum atomic E-state index is -0.700. The molecule has 4 heterocycles. The number of carbonyl (C=O) groups excluding carboxylic acids is 3. The second kappa shape index (κ2) is 9.49. The van der Waals surface area contributed by atoms with Crippen molar-refractivity contribution in [2.75, 3.05) is 5.32 Å². The Morgan fingerprint density at radius 2 is 1.89 bits per heavy atom. The number of anilines is 1. The molecular weight excluding hydrogens is 508 g/mol. The van der Waals surface area contributed by atoms with E-state index in [0.29, 0.717) is 16.7 Å². The molecule has 38 heavy (non-hydrogen) atoms. The van der Waals surface area contributed by atoms with Gasteiger partial charge in [-0.1, -0.05) is 23.7 Å². The molecule has 1 aromatic carbocycles. The van der Waals surface area contributed by atoms with Gasteiger partial charge in [-0.25, -0.2) is 15.0 Å². The van der Waals surface area contributed by atoms with E-state index in [-0.39, 0.29) is 41.2 Å². The number of nitrogens with one attached hydrogen (secondary N) is 1. The van der Waals surface area contributed by atoms with Crippen LogP contribution in [0.1, 0.15) is 29.8 Å². The quantitative estimate of drug-likeness (QED) is 0.364. The monoisotopic (exact) mass is 530 g/mol. The Hall–Kier alpha value is -4.38. The molecule has 3 amide bonds. The molecule has 3 aromatic heterocycles. The zero-order valence-corrected chi connectivity index (χ0v) is 20.9. The largest absolute Gasteiger partial charge is 0.364 e. The van der Waals surface area contributed by atoms with Gasteiger partial charge in [-0.2, -0.15) is 5.10 Å². The number of hydrogen-bond donors (Lipinski definition) is 2. The van der Waals surface area contributed by atoms with Crippen LogP contribution in [0, 0.1) is 5.92 Å². The first-order valence-corrected chi connectivity index (χ1v) is 12.6. The van der Waals surface area contributed by atoms with E-state index in [1.54, 1.807) is 47.6 Å². The fraction of sp³-hybridized carbons (Fsp3) is 0.269. The van der Waals surface area contributed by atoms with E-state index in [1.165, 1.54) is 11.0 Å². The Labute approximate surface area is 222 Å². The molecule has 2 bridgehead atoms. The predicted octanol–water partition coefficient (Wildman–Crippen LogP) is 2.66. The molecule has 6 rings (SSSR count). The van der Waals surface area contributed by atoms with E-state index >= 15 is 0 Å². The van der Waals surface area contributed by atoms with E-state index in [1.807, 2.05) is 6.07 Å². The highest BCUT2D eigenvalue weighted by Crippen LogP contribution is 2.43. The van der Waals surface area contributed by atoms with Crippen LogP contribution in [0.3, 0.4) is 0 Å². The van der Waals surface area contributed by atoms with E-state index in [4.69, 9.17) is 17.3 Å². The summed E-state index contributed by atoms with van der Waals surface area (Å²) < 4.78 is 1.47. The number of pyridine rings is 1. The van der Waals surface area contributed by atoms with Gasteiger partial charge in [0.25, 0.3) is 5.91 Å². The maximum absolute atomic E-state index is 13.7. The van der Waals surface area contributed by atoms with Crippen molar-refractivity contribution < 1.29 is 14.4 Å². The highest BCUT2D eigenvalue weighted by molar-refractivity contribution is 6.29. The fourth-order valence-electron chi connectivity index (χ4n) is 5.68. The van der Waals surface area contributed by atoms with Gasteiger partial charge in [0.15, 0.2) is 5.69 Å². The number of benzene rings is 1. The van der Waals surface area contributed by atoms with Gasteiger partial charge in [-0.05, 0) is 55.0 Å².